The van der Waals surface area contributed by atoms with E-state index in [1.54, 1.807) is 0 Å². The van der Waals surface area contributed by atoms with E-state index in [1.165, 1.54) is 18.0 Å². The molecule has 8 heteroatoms. The van der Waals surface area contributed by atoms with E-state index in [9.17, 15) is 13.2 Å². The van der Waals surface area contributed by atoms with Crippen LogP contribution >= 0.6 is 0 Å². The monoisotopic (exact) mass is 430 g/mol. The summed E-state index contributed by atoms with van der Waals surface area (Å²) in [5.74, 6) is 0.137. The minimum Gasteiger partial charge on any atom is -0.334 e. The van der Waals surface area contributed by atoms with Gasteiger partial charge in [0.1, 0.15) is 4.90 Å². The third-order valence-electron chi connectivity index (χ3n) is 6.60. The van der Waals surface area contributed by atoms with Crippen LogP contribution in [0.4, 0.5) is 0 Å². The van der Waals surface area contributed by atoms with E-state index in [2.05, 4.69) is 46.3 Å². The average Bonchev–Trinajstić information content (AvgIpc) is 3.39. The molecule has 2 saturated heterocycles. The summed E-state index contributed by atoms with van der Waals surface area (Å²) < 4.78 is 24.3. The highest BCUT2D eigenvalue weighted by molar-refractivity contribution is 7.90. The Morgan fingerprint density at radius 1 is 1.20 bits per heavy atom. The minimum absolute atomic E-state index is 0.137. The Hall–Kier alpha value is -2.19. The SMILES string of the molecule is CC1(C(=O)N2CCCC2c2[nH]ncc2S(C)(=O)=O)CCN(Cc2ccccc2)CC1. The van der Waals surface area contributed by atoms with Crippen molar-refractivity contribution in [1.29, 1.82) is 0 Å². The zero-order valence-corrected chi connectivity index (χ0v) is 18.5. The quantitative estimate of drug-likeness (QED) is 0.788. The summed E-state index contributed by atoms with van der Waals surface area (Å²) in [6, 6.07) is 10.2. The molecule has 1 N–H and O–H groups in total. The Kier molecular flexibility index (Phi) is 5.72. The normalized spacial score (nSPS) is 22.3. The van der Waals surface area contributed by atoms with Gasteiger partial charge in [0.05, 0.1) is 17.9 Å². The number of aromatic nitrogens is 2. The van der Waals surface area contributed by atoms with Crippen LogP contribution in [0, 0.1) is 5.41 Å². The molecule has 1 amide bonds. The van der Waals surface area contributed by atoms with Gasteiger partial charge in [-0.3, -0.25) is 14.8 Å². The molecule has 4 rings (SSSR count). The molecular weight excluding hydrogens is 400 g/mol. The molecule has 3 heterocycles. The first-order chi connectivity index (χ1) is 14.3. The lowest BCUT2D eigenvalue weighted by Gasteiger charge is -2.41. The number of piperidine rings is 1. The Balaban J connectivity index is 1.45. The smallest absolute Gasteiger partial charge is 0.229 e. The first kappa shape index (κ1) is 21.1. The van der Waals surface area contributed by atoms with E-state index in [4.69, 9.17) is 0 Å². The third kappa shape index (κ3) is 4.16. The van der Waals surface area contributed by atoms with Gasteiger partial charge in [-0.2, -0.15) is 5.10 Å². The molecule has 2 aliphatic rings. The van der Waals surface area contributed by atoms with Crippen molar-refractivity contribution in [3.63, 3.8) is 0 Å². The van der Waals surface area contributed by atoms with Crippen molar-refractivity contribution in [2.24, 2.45) is 5.41 Å². The number of hydrogen-bond donors (Lipinski definition) is 1. The van der Waals surface area contributed by atoms with E-state index in [-0.39, 0.29) is 16.8 Å². The number of carbonyl (C=O) groups excluding carboxylic acids is 1. The lowest BCUT2D eigenvalue weighted by atomic mass is 9.78. The van der Waals surface area contributed by atoms with Crippen LogP contribution in [0.2, 0.25) is 0 Å². The van der Waals surface area contributed by atoms with Crippen molar-refractivity contribution in [2.75, 3.05) is 25.9 Å². The second kappa shape index (κ2) is 8.15. The van der Waals surface area contributed by atoms with Crippen LogP contribution in [0.1, 0.15) is 49.9 Å². The fourth-order valence-electron chi connectivity index (χ4n) is 4.74. The van der Waals surface area contributed by atoms with Crippen molar-refractivity contribution in [2.45, 2.75) is 50.1 Å². The molecule has 0 saturated carbocycles. The van der Waals surface area contributed by atoms with E-state index >= 15 is 0 Å². The number of benzene rings is 1. The number of amides is 1. The van der Waals surface area contributed by atoms with Gasteiger partial charge in [0, 0.05) is 24.8 Å². The van der Waals surface area contributed by atoms with Gasteiger partial charge >= 0.3 is 0 Å². The van der Waals surface area contributed by atoms with Gasteiger partial charge in [-0.15, -0.1) is 0 Å². The number of nitrogens with zero attached hydrogens (tertiary/aromatic N) is 3. The average molecular weight is 431 g/mol. The Morgan fingerprint density at radius 2 is 1.90 bits per heavy atom. The minimum atomic E-state index is -3.39. The van der Waals surface area contributed by atoms with E-state index in [0.29, 0.717) is 12.2 Å². The summed E-state index contributed by atoms with van der Waals surface area (Å²) in [7, 11) is -3.39. The molecule has 0 bridgehead atoms. The van der Waals surface area contributed by atoms with Crippen molar-refractivity contribution in [3.05, 3.63) is 47.8 Å². The molecule has 2 aliphatic heterocycles. The summed E-state index contributed by atoms with van der Waals surface area (Å²) in [5, 5.41) is 6.82. The summed E-state index contributed by atoms with van der Waals surface area (Å²) in [6.45, 7) is 5.40. The summed E-state index contributed by atoms with van der Waals surface area (Å²) >= 11 is 0. The van der Waals surface area contributed by atoms with Crippen molar-refractivity contribution >= 4 is 15.7 Å². The van der Waals surface area contributed by atoms with Crippen LogP contribution in [0.5, 0.6) is 0 Å². The molecule has 2 aromatic rings. The zero-order chi connectivity index (χ0) is 21.4. The highest BCUT2D eigenvalue weighted by atomic mass is 32.2. The first-order valence-corrected chi connectivity index (χ1v) is 12.5. The highest BCUT2D eigenvalue weighted by Gasteiger charge is 2.44. The first-order valence-electron chi connectivity index (χ1n) is 10.6. The summed E-state index contributed by atoms with van der Waals surface area (Å²) in [4.78, 5) is 18.1. The highest BCUT2D eigenvalue weighted by Crippen LogP contribution is 2.40. The fourth-order valence-corrected chi connectivity index (χ4v) is 5.56. The predicted molar refractivity (Wildman–Crippen MR) is 114 cm³/mol. The van der Waals surface area contributed by atoms with Gasteiger partial charge in [-0.05, 0) is 44.3 Å². The number of rotatable bonds is 5. The second-order valence-corrected chi connectivity index (χ2v) is 10.9. The van der Waals surface area contributed by atoms with E-state index < -0.39 is 15.3 Å². The second-order valence-electron chi connectivity index (χ2n) is 8.90. The zero-order valence-electron chi connectivity index (χ0n) is 17.7. The van der Waals surface area contributed by atoms with Crippen molar-refractivity contribution in [1.82, 2.24) is 20.0 Å². The molecule has 1 unspecified atom stereocenters. The van der Waals surface area contributed by atoms with Gasteiger partial charge in [0.2, 0.25) is 5.91 Å². The fraction of sp³-hybridized carbons (Fsp3) is 0.545. The van der Waals surface area contributed by atoms with E-state index in [0.717, 1.165) is 45.3 Å². The van der Waals surface area contributed by atoms with Crippen LogP contribution in [0.15, 0.2) is 41.4 Å². The van der Waals surface area contributed by atoms with Gasteiger partial charge < -0.3 is 4.90 Å². The molecule has 7 nitrogen and oxygen atoms in total. The molecule has 0 aliphatic carbocycles. The number of sulfone groups is 1. The summed E-state index contributed by atoms with van der Waals surface area (Å²) in [5.41, 5.74) is 1.43. The Labute approximate surface area is 178 Å². The standard InChI is InChI=1S/C22H30N4O3S/c1-22(10-13-25(14-11-22)16-17-7-4-3-5-8-17)21(27)26-12-6-9-18(26)20-19(15-23-24-20)30(2,28)29/h3-5,7-8,15,18H,6,9-14,16H2,1-2H3,(H,23,24). The molecule has 1 atom stereocenters. The molecular formula is C22H30N4O3S. The molecule has 2 fully saturated rings. The molecule has 30 heavy (non-hydrogen) atoms. The van der Waals surface area contributed by atoms with Crippen LogP contribution < -0.4 is 0 Å². The lowest BCUT2D eigenvalue weighted by Crippen LogP contribution is -2.48. The van der Waals surface area contributed by atoms with Crippen LogP contribution in [0.25, 0.3) is 0 Å². The maximum Gasteiger partial charge on any atom is 0.229 e. The number of aromatic amines is 1. The Morgan fingerprint density at radius 3 is 2.57 bits per heavy atom. The lowest BCUT2D eigenvalue weighted by molar-refractivity contribution is -0.145. The molecule has 162 valence electrons. The van der Waals surface area contributed by atoms with Crippen LogP contribution in [-0.2, 0) is 21.2 Å². The van der Waals surface area contributed by atoms with Crippen molar-refractivity contribution in [3.8, 4) is 0 Å². The maximum atomic E-state index is 13.6. The topological polar surface area (TPSA) is 86.4 Å². The van der Waals surface area contributed by atoms with Gasteiger partial charge in [-0.1, -0.05) is 37.3 Å². The largest absolute Gasteiger partial charge is 0.334 e. The number of likely N-dealkylation sites (tertiary alicyclic amines) is 2. The third-order valence-corrected chi connectivity index (χ3v) is 7.73. The Bertz CT molecular complexity index is 994. The number of carbonyl (C=O) groups is 1. The van der Waals surface area contributed by atoms with Crippen LogP contribution in [0.3, 0.4) is 0 Å². The predicted octanol–water partition coefficient (Wildman–Crippen LogP) is 2.78. The maximum absolute atomic E-state index is 13.6. The van der Waals surface area contributed by atoms with Crippen molar-refractivity contribution < 1.29 is 13.2 Å². The molecule has 1 aromatic heterocycles. The number of H-pyrrole nitrogens is 1. The van der Waals surface area contributed by atoms with Gasteiger partial charge in [0.15, 0.2) is 9.84 Å². The molecule has 1 aromatic carbocycles. The molecule has 0 radical (unpaired) electrons. The van der Waals surface area contributed by atoms with Crippen LogP contribution in [-0.4, -0.2) is 60.2 Å². The van der Waals surface area contributed by atoms with Gasteiger partial charge in [0.25, 0.3) is 0 Å². The number of nitrogens with one attached hydrogen (secondary N) is 1. The molecule has 0 spiro atoms. The van der Waals surface area contributed by atoms with E-state index in [1.807, 2.05) is 11.0 Å². The number of hydrogen-bond acceptors (Lipinski definition) is 5. The summed E-state index contributed by atoms with van der Waals surface area (Å²) in [6.07, 6.45) is 5.79. The van der Waals surface area contributed by atoms with Gasteiger partial charge in [-0.25, -0.2) is 8.42 Å².